The number of non-ortho nitro benzene ring substituents is 1. The van der Waals surface area contributed by atoms with Crippen LogP contribution in [0.2, 0.25) is 0 Å². The van der Waals surface area contributed by atoms with Crippen molar-refractivity contribution in [1.29, 1.82) is 0 Å². The van der Waals surface area contributed by atoms with E-state index in [1.807, 2.05) is 0 Å². The van der Waals surface area contributed by atoms with Crippen LogP contribution in [0.4, 0.5) is 11.4 Å². The number of nitrogens with one attached hydrogen (secondary N) is 1. The zero-order valence-electron chi connectivity index (χ0n) is 12.1. The summed E-state index contributed by atoms with van der Waals surface area (Å²) in [6.07, 6.45) is 6.27. The van der Waals surface area contributed by atoms with E-state index in [2.05, 4.69) is 4.99 Å². The molecule has 1 aliphatic rings. The second-order valence-corrected chi connectivity index (χ2v) is 5.96. The van der Waals surface area contributed by atoms with E-state index in [0.717, 1.165) is 5.69 Å². The summed E-state index contributed by atoms with van der Waals surface area (Å²) in [5.41, 5.74) is 4.05. The molecule has 0 unspecified atom stereocenters. The molecule has 0 saturated heterocycles. The maximum Gasteiger partial charge on any atom is 0.269 e. The van der Waals surface area contributed by atoms with Crippen LogP contribution < -0.4 is 29.0 Å². The van der Waals surface area contributed by atoms with Crippen molar-refractivity contribution in [2.45, 2.75) is 32.1 Å². The third kappa shape index (κ3) is 5.70. The van der Waals surface area contributed by atoms with Gasteiger partial charge in [-0.15, -0.1) is 10.2 Å². The van der Waals surface area contributed by atoms with Gasteiger partial charge >= 0.3 is 0 Å². The smallest absolute Gasteiger partial charge is 0.258 e. The second kappa shape index (κ2) is 7.16. The van der Waals surface area contributed by atoms with Gasteiger partial charge in [0.1, 0.15) is 0 Å². The molecule has 1 aliphatic carbocycles. The largest absolute Gasteiger partial charge is 0.269 e. The van der Waals surface area contributed by atoms with Gasteiger partial charge in [0.15, 0.2) is 0 Å². The highest BCUT2D eigenvalue weighted by Gasteiger charge is 2.26. The summed E-state index contributed by atoms with van der Waals surface area (Å²) in [5, 5.41) is 11.8. The van der Waals surface area contributed by atoms with Crippen LogP contribution in [0.5, 0.6) is 0 Å². The Balaban J connectivity index is 0.000000338. The molecule has 1 N–H and O–H groups in total. The van der Waals surface area contributed by atoms with Gasteiger partial charge in [0.2, 0.25) is 11.0 Å². The predicted octanol–water partition coefficient (Wildman–Crippen LogP) is -3.70. The Morgan fingerprint density at radius 1 is 0.913 bits per heavy atom. The molecule has 0 amide bonds. The van der Waals surface area contributed by atoms with E-state index in [0.29, 0.717) is 0 Å². The normalized spacial score (nSPS) is 14.4. The first-order valence-corrected chi connectivity index (χ1v) is 8.22. The number of nitro groups is 1. The molecule has 0 heterocycles. The van der Waals surface area contributed by atoms with Crippen molar-refractivity contribution < 1.29 is 38.8 Å². The van der Waals surface area contributed by atoms with Gasteiger partial charge in [-0.25, -0.2) is 23.6 Å². The number of rotatable bonds is 2. The van der Waals surface area contributed by atoms with Gasteiger partial charge in [-0.2, -0.15) is 0 Å². The first-order chi connectivity index (χ1) is 10.8. The van der Waals surface area contributed by atoms with E-state index in [9.17, 15) is 10.1 Å². The summed E-state index contributed by atoms with van der Waals surface area (Å²) in [6, 6.07) is 6.61. The lowest BCUT2D eigenvalue weighted by Gasteiger charge is -2.17. The van der Waals surface area contributed by atoms with Crippen LogP contribution in [0.3, 0.4) is 0 Å². The number of halogens is 1. The molecule has 0 fully saturated rings. The fraction of sp³-hybridized carbons (Fsp3) is 0.357. The molecule has 0 atom stereocenters. The molecule has 2 aromatic carbocycles. The van der Waals surface area contributed by atoms with Gasteiger partial charge in [-0.3, -0.25) is 10.1 Å². The van der Waals surface area contributed by atoms with Crippen LogP contribution in [0.15, 0.2) is 24.3 Å². The van der Waals surface area contributed by atoms with Crippen molar-refractivity contribution in [2.24, 2.45) is 0 Å². The topological polar surface area (TPSA) is 149 Å². The Morgan fingerprint density at radius 3 is 1.83 bits per heavy atom. The average Bonchev–Trinajstić information content (AvgIpc) is 3.14. The predicted molar refractivity (Wildman–Crippen MR) is 66.9 cm³/mol. The first kappa shape index (κ1) is 17.5. The van der Waals surface area contributed by atoms with Crippen molar-refractivity contribution >= 4 is 11.4 Å². The summed E-state index contributed by atoms with van der Waals surface area (Å²) < 4.78 is 34.0. The van der Waals surface area contributed by atoms with E-state index in [1.165, 1.54) is 60.7 Å². The molecule has 23 heavy (non-hydrogen) atoms. The molecule has 0 saturated carbocycles. The van der Waals surface area contributed by atoms with Gasteiger partial charge in [0.25, 0.3) is 5.69 Å². The van der Waals surface area contributed by atoms with Crippen LogP contribution in [-0.4, -0.2) is 4.92 Å². The zero-order chi connectivity index (χ0) is 17.0. The lowest BCUT2D eigenvalue weighted by molar-refractivity contribution is -2.00. The van der Waals surface area contributed by atoms with Gasteiger partial charge < -0.3 is 0 Å². The van der Waals surface area contributed by atoms with Crippen molar-refractivity contribution in [1.82, 2.24) is 0 Å². The molecule has 0 aliphatic heterocycles. The summed E-state index contributed by atoms with van der Waals surface area (Å²) in [5.74, 6) is 0. The third-order valence-electron chi connectivity index (χ3n) is 3.61. The molecule has 124 valence electrons. The summed E-state index contributed by atoms with van der Waals surface area (Å²) in [6.45, 7) is 0. The number of hydrogen-bond donors (Lipinski definition) is 1. The summed E-state index contributed by atoms with van der Waals surface area (Å²) in [7, 11) is -4.94. The van der Waals surface area contributed by atoms with E-state index < -0.39 is 10.2 Å². The minimum atomic E-state index is -4.94. The summed E-state index contributed by atoms with van der Waals surface area (Å²) >= 11 is 0. The highest BCUT2D eigenvalue weighted by Crippen LogP contribution is 2.20. The van der Waals surface area contributed by atoms with Crippen LogP contribution >= 0.6 is 0 Å². The minimum absolute atomic E-state index is 0.135. The van der Waals surface area contributed by atoms with E-state index >= 15 is 0 Å². The van der Waals surface area contributed by atoms with Crippen LogP contribution in [0.25, 0.3) is 0 Å². The molecule has 8 nitrogen and oxygen atoms in total. The van der Waals surface area contributed by atoms with Crippen molar-refractivity contribution in [3.05, 3.63) is 50.9 Å². The number of nitro benzene ring substituents is 1. The molecule has 2 aromatic rings. The van der Waals surface area contributed by atoms with Gasteiger partial charge in [-0.05, 0) is 25.7 Å². The Labute approximate surface area is 133 Å². The number of hydrogen-bond acceptors (Lipinski definition) is 6. The number of nitrogens with zero attached hydrogens (tertiary/aromatic N) is 1. The number of benzene rings is 1. The lowest BCUT2D eigenvalue weighted by atomic mass is 10.2. The molecular formula is C14H15ClN2O6. The van der Waals surface area contributed by atoms with E-state index in [-0.39, 0.29) is 10.6 Å². The molecule has 0 bridgehead atoms. The number of fused-ring (bicyclic) bond motifs is 1. The van der Waals surface area contributed by atoms with Crippen molar-refractivity contribution in [2.75, 3.05) is 0 Å². The van der Waals surface area contributed by atoms with E-state index in [1.54, 1.807) is 12.1 Å². The standard InChI is InChI=1S/C14H14N2O2.ClHO4/c17-16(18)11-8-6-10(7-9-11)15-14-12-4-2-1-3-5-13(12)14;2-1(3,4)5/h6-9H,1-5H2;(H,2,3,4,5). The SMILES string of the molecule is O=[N+]([O-])c1ccc([NH+]=c2c3c2CCCCC3)cc1.[O-][Cl+3]([O-])([O-])[O-]. The van der Waals surface area contributed by atoms with Gasteiger partial charge in [-0.1, -0.05) is 6.42 Å². The van der Waals surface area contributed by atoms with Crippen LogP contribution in [0, 0.1) is 20.4 Å². The van der Waals surface area contributed by atoms with Gasteiger partial charge in [0.05, 0.1) is 4.92 Å². The lowest BCUT2D eigenvalue weighted by Crippen LogP contribution is -2.68. The fourth-order valence-corrected chi connectivity index (χ4v) is 2.56. The molecule has 0 aromatic heterocycles. The molecule has 0 spiro atoms. The van der Waals surface area contributed by atoms with Crippen LogP contribution in [0.1, 0.15) is 30.4 Å². The Morgan fingerprint density at radius 2 is 1.39 bits per heavy atom. The Hall–Kier alpha value is -1.84. The summed E-state index contributed by atoms with van der Waals surface area (Å²) in [4.78, 5) is 13.6. The van der Waals surface area contributed by atoms with E-state index in [4.69, 9.17) is 18.6 Å². The van der Waals surface area contributed by atoms with Gasteiger partial charge in [0, 0.05) is 35.4 Å². The zero-order valence-corrected chi connectivity index (χ0v) is 12.9. The minimum Gasteiger partial charge on any atom is -0.258 e. The average molecular weight is 343 g/mol. The highest BCUT2D eigenvalue weighted by atomic mass is 35.7. The van der Waals surface area contributed by atoms with Crippen molar-refractivity contribution in [3.8, 4) is 0 Å². The fourth-order valence-electron chi connectivity index (χ4n) is 2.56. The quantitative estimate of drug-likeness (QED) is 0.337. The van der Waals surface area contributed by atoms with Crippen molar-refractivity contribution in [3.63, 3.8) is 0 Å². The second-order valence-electron chi connectivity index (χ2n) is 5.20. The monoisotopic (exact) mass is 342 g/mol. The van der Waals surface area contributed by atoms with Crippen LogP contribution in [-0.2, 0) is 12.8 Å². The molecular weight excluding hydrogens is 328 g/mol. The Kier molecular flexibility index (Phi) is 5.45. The molecule has 0 radical (unpaired) electrons. The maximum absolute atomic E-state index is 10.6. The first-order valence-electron chi connectivity index (χ1n) is 6.98. The highest BCUT2D eigenvalue weighted by molar-refractivity contribution is 5.41. The third-order valence-corrected chi connectivity index (χ3v) is 3.61. The maximum atomic E-state index is 10.6. The Bertz CT molecular complexity index is 671. The molecule has 3 rings (SSSR count). The molecule has 9 heteroatoms.